The Bertz CT molecular complexity index is 1120. The van der Waals surface area contributed by atoms with Gasteiger partial charge in [0.15, 0.2) is 0 Å². The Morgan fingerprint density at radius 1 is 0.943 bits per heavy atom. The molecule has 0 aliphatic heterocycles. The summed E-state index contributed by atoms with van der Waals surface area (Å²) in [5.41, 5.74) is 3.01. The lowest BCUT2D eigenvalue weighted by Crippen LogP contribution is -2.50. The van der Waals surface area contributed by atoms with Crippen LogP contribution < -0.4 is 5.32 Å². The van der Waals surface area contributed by atoms with Gasteiger partial charge in [0.05, 0.1) is 10.0 Å². The van der Waals surface area contributed by atoms with Crippen LogP contribution in [0, 0.1) is 6.92 Å². The summed E-state index contributed by atoms with van der Waals surface area (Å²) in [6, 6.07) is 22.7. The van der Waals surface area contributed by atoms with E-state index in [2.05, 4.69) is 29.6 Å². The van der Waals surface area contributed by atoms with E-state index in [9.17, 15) is 9.59 Å². The molecule has 0 heterocycles. The van der Waals surface area contributed by atoms with E-state index in [0.29, 0.717) is 35.2 Å². The second-order valence-corrected chi connectivity index (χ2v) is 10.3. The molecule has 1 unspecified atom stereocenters. The first kappa shape index (κ1) is 27.1. The molecule has 4 nitrogen and oxygen atoms in total. The van der Waals surface area contributed by atoms with E-state index in [1.165, 1.54) is 5.56 Å². The van der Waals surface area contributed by atoms with E-state index in [0.717, 1.165) is 16.0 Å². The highest BCUT2D eigenvalue weighted by Gasteiger charge is 2.30. The first-order chi connectivity index (χ1) is 16.9. The Kier molecular flexibility index (Phi) is 10.5. The molecular formula is C28H30Cl2N2O2S. The molecule has 3 aromatic rings. The third kappa shape index (κ3) is 8.31. The monoisotopic (exact) mass is 528 g/mol. The molecule has 184 valence electrons. The lowest BCUT2D eigenvalue weighted by Gasteiger charge is -2.31. The number of aryl methyl sites for hydroxylation is 1. The number of carbonyl (C=O) groups excluding carboxylic acids is 2. The highest BCUT2D eigenvalue weighted by molar-refractivity contribution is 7.99. The second kappa shape index (κ2) is 13.6. The van der Waals surface area contributed by atoms with Gasteiger partial charge in [-0.15, -0.1) is 11.8 Å². The van der Waals surface area contributed by atoms with Crippen molar-refractivity contribution in [2.24, 2.45) is 0 Å². The molecule has 1 N–H and O–H groups in total. The van der Waals surface area contributed by atoms with E-state index in [-0.39, 0.29) is 18.4 Å². The van der Waals surface area contributed by atoms with E-state index in [1.807, 2.05) is 50.2 Å². The maximum absolute atomic E-state index is 13.6. The normalized spacial score (nSPS) is 11.7. The Morgan fingerprint density at radius 2 is 1.66 bits per heavy atom. The summed E-state index contributed by atoms with van der Waals surface area (Å²) in [5.74, 6) is 0.367. The summed E-state index contributed by atoms with van der Waals surface area (Å²) in [7, 11) is 0. The molecule has 0 fully saturated rings. The molecule has 0 aliphatic carbocycles. The van der Waals surface area contributed by atoms with E-state index in [1.54, 1.807) is 28.8 Å². The number of hydrogen-bond acceptors (Lipinski definition) is 3. The van der Waals surface area contributed by atoms with Crippen molar-refractivity contribution in [3.8, 4) is 0 Å². The van der Waals surface area contributed by atoms with Crippen molar-refractivity contribution in [1.82, 2.24) is 10.2 Å². The Hall–Kier alpha value is -2.47. The first-order valence-electron chi connectivity index (χ1n) is 11.6. The van der Waals surface area contributed by atoms with Crippen LogP contribution in [0.2, 0.25) is 10.0 Å². The van der Waals surface area contributed by atoms with Gasteiger partial charge in [0.25, 0.3) is 0 Å². The number of rotatable bonds is 11. The Morgan fingerprint density at radius 3 is 2.31 bits per heavy atom. The lowest BCUT2D eigenvalue weighted by molar-refractivity contribution is -0.140. The predicted octanol–water partition coefficient (Wildman–Crippen LogP) is 6.56. The summed E-state index contributed by atoms with van der Waals surface area (Å²) in [5, 5.41) is 3.78. The van der Waals surface area contributed by atoms with Gasteiger partial charge < -0.3 is 10.2 Å². The van der Waals surface area contributed by atoms with Crippen molar-refractivity contribution in [2.75, 3.05) is 12.3 Å². The largest absolute Gasteiger partial charge is 0.355 e. The third-order valence-electron chi connectivity index (χ3n) is 5.56. The smallest absolute Gasteiger partial charge is 0.243 e. The molecule has 0 saturated carbocycles. The summed E-state index contributed by atoms with van der Waals surface area (Å²) >= 11 is 14.0. The first-order valence-corrected chi connectivity index (χ1v) is 13.4. The van der Waals surface area contributed by atoms with Crippen LogP contribution in [-0.2, 0) is 22.6 Å². The Balaban J connectivity index is 1.84. The number of amides is 2. The molecular weight excluding hydrogens is 499 g/mol. The molecule has 3 rings (SSSR count). The number of likely N-dealkylation sites (N-methyl/N-ethyl adjacent to an activating group) is 1. The van der Waals surface area contributed by atoms with Crippen molar-refractivity contribution in [3.63, 3.8) is 0 Å². The van der Waals surface area contributed by atoms with Crippen LogP contribution in [0.1, 0.15) is 30.0 Å². The second-order valence-electron chi connectivity index (χ2n) is 8.28. The molecule has 3 aromatic carbocycles. The minimum Gasteiger partial charge on any atom is -0.355 e. The fourth-order valence-electron chi connectivity index (χ4n) is 3.71. The number of halogens is 2. The summed E-state index contributed by atoms with van der Waals surface area (Å²) in [6.45, 7) is 4.68. The van der Waals surface area contributed by atoms with Crippen LogP contribution in [0.15, 0.2) is 77.7 Å². The molecule has 0 radical (unpaired) electrons. The number of thioether (sulfide) groups is 1. The van der Waals surface area contributed by atoms with Crippen molar-refractivity contribution >= 4 is 46.8 Å². The fourth-order valence-corrected chi connectivity index (χ4v) is 4.88. The SMILES string of the molecule is CCNC(=O)C(Cc1ccccc1)N(Cc1ccc(Cl)c(Cl)c1)C(=O)CCSc1ccc(C)cc1. The summed E-state index contributed by atoms with van der Waals surface area (Å²) < 4.78 is 0. The van der Waals surface area contributed by atoms with Gasteiger partial charge in [-0.05, 0) is 49.2 Å². The maximum Gasteiger partial charge on any atom is 0.243 e. The van der Waals surface area contributed by atoms with Crippen molar-refractivity contribution in [2.45, 2.75) is 44.2 Å². The van der Waals surface area contributed by atoms with Crippen LogP contribution in [-0.4, -0.2) is 35.1 Å². The zero-order chi connectivity index (χ0) is 25.2. The molecule has 1 atom stereocenters. The average molecular weight is 530 g/mol. The number of benzene rings is 3. The van der Waals surface area contributed by atoms with Crippen molar-refractivity contribution < 1.29 is 9.59 Å². The summed E-state index contributed by atoms with van der Waals surface area (Å²) in [4.78, 5) is 29.5. The molecule has 0 saturated heterocycles. The highest BCUT2D eigenvalue weighted by atomic mass is 35.5. The van der Waals surface area contributed by atoms with Crippen LogP contribution in [0.3, 0.4) is 0 Å². The minimum atomic E-state index is -0.649. The number of hydrogen-bond donors (Lipinski definition) is 1. The van der Waals surface area contributed by atoms with Crippen molar-refractivity contribution in [3.05, 3.63) is 99.5 Å². The van der Waals surface area contributed by atoms with Gasteiger partial charge in [0.2, 0.25) is 11.8 Å². The van der Waals surface area contributed by atoms with Crippen molar-refractivity contribution in [1.29, 1.82) is 0 Å². The van der Waals surface area contributed by atoms with E-state index < -0.39 is 6.04 Å². The minimum absolute atomic E-state index is 0.0807. The van der Waals surface area contributed by atoms with Gasteiger partial charge in [-0.3, -0.25) is 9.59 Å². The van der Waals surface area contributed by atoms with Gasteiger partial charge in [0.1, 0.15) is 6.04 Å². The number of nitrogens with zero attached hydrogens (tertiary/aromatic N) is 1. The number of nitrogens with one attached hydrogen (secondary N) is 1. The molecule has 0 aliphatic rings. The highest BCUT2D eigenvalue weighted by Crippen LogP contribution is 2.25. The van der Waals surface area contributed by atoms with E-state index in [4.69, 9.17) is 23.2 Å². The average Bonchev–Trinajstić information content (AvgIpc) is 2.85. The van der Waals surface area contributed by atoms with Gasteiger partial charge in [-0.1, -0.05) is 77.3 Å². The predicted molar refractivity (Wildman–Crippen MR) is 146 cm³/mol. The van der Waals surface area contributed by atoms with Crippen LogP contribution in [0.5, 0.6) is 0 Å². The fraction of sp³-hybridized carbons (Fsp3) is 0.286. The van der Waals surface area contributed by atoms with Crippen LogP contribution >= 0.6 is 35.0 Å². The van der Waals surface area contributed by atoms with Crippen LogP contribution in [0.25, 0.3) is 0 Å². The standard InChI is InChI=1S/C28H30Cl2N2O2S/c1-3-31-28(34)26(18-21-7-5-4-6-8-21)32(19-22-11-14-24(29)25(30)17-22)27(33)15-16-35-23-12-9-20(2)10-13-23/h4-14,17,26H,3,15-16,18-19H2,1-2H3,(H,31,34). The zero-order valence-corrected chi connectivity index (χ0v) is 22.3. The lowest BCUT2D eigenvalue weighted by atomic mass is 10.0. The molecule has 0 aromatic heterocycles. The molecule has 7 heteroatoms. The molecule has 35 heavy (non-hydrogen) atoms. The molecule has 0 spiro atoms. The quantitative estimate of drug-likeness (QED) is 0.286. The van der Waals surface area contributed by atoms with Gasteiger partial charge in [-0.25, -0.2) is 0 Å². The topological polar surface area (TPSA) is 49.4 Å². The van der Waals surface area contributed by atoms with Crippen LogP contribution in [0.4, 0.5) is 0 Å². The van der Waals surface area contributed by atoms with E-state index >= 15 is 0 Å². The third-order valence-corrected chi connectivity index (χ3v) is 7.32. The van der Waals surface area contributed by atoms with Gasteiger partial charge >= 0.3 is 0 Å². The summed E-state index contributed by atoms with van der Waals surface area (Å²) in [6.07, 6.45) is 0.732. The molecule has 0 bridgehead atoms. The zero-order valence-electron chi connectivity index (χ0n) is 20.0. The molecule has 2 amide bonds. The Labute approximate surface area is 222 Å². The van der Waals surface area contributed by atoms with Gasteiger partial charge in [0, 0.05) is 36.6 Å². The maximum atomic E-state index is 13.6. The number of carbonyl (C=O) groups is 2. The van der Waals surface area contributed by atoms with Gasteiger partial charge in [-0.2, -0.15) is 0 Å².